The number of hydrogen-bond acceptors (Lipinski definition) is 3. The Balaban J connectivity index is 2.44. The molecular formula is C14H21N3O. The van der Waals surface area contributed by atoms with Gasteiger partial charge < -0.3 is 15.4 Å². The fourth-order valence-electron chi connectivity index (χ4n) is 2.33. The van der Waals surface area contributed by atoms with Crippen LogP contribution < -0.4 is 5.73 Å². The average molecular weight is 247 g/mol. The second-order valence-corrected chi connectivity index (χ2v) is 5.07. The van der Waals surface area contributed by atoms with Gasteiger partial charge in [-0.05, 0) is 24.5 Å². The summed E-state index contributed by atoms with van der Waals surface area (Å²) in [5.41, 5.74) is 8.21. The lowest BCUT2D eigenvalue weighted by molar-refractivity contribution is 0.274. The number of aliphatic hydroxyl groups is 1. The van der Waals surface area contributed by atoms with E-state index in [1.54, 1.807) is 0 Å². The zero-order valence-corrected chi connectivity index (χ0v) is 11.0. The molecule has 18 heavy (non-hydrogen) atoms. The molecule has 1 heterocycles. The quantitative estimate of drug-likeness (QED) is 0.850. The highest BCUT2D eigenvalue weighted by molar-refractivity contribution is 5.76. The fourth-order valence-corrected chi connectivity index (χ4v) is 2.33. The van der Waals surface area contributed by atoms with Gasteiger partial charge in [-0.2, -0.15) is 0 Å². The minimum absolute atomic E-state index is 0.0797. The van der Waals surface area contributed by atoms with Crippen LogP contribution in [0.1, 0.15) is 32.1 Å². The van der Waals surface area contributed by atoms with Crippen LogP contribution in [0, 0.1) is 5.92 Å². The first kappa shape index (κ1) is 13.1. The van der Waals surface area contributed by atoms with Crippen LogP contribution in [-0.4, -0.2) is 21.3 Å². The Hall–Kier alpha value is -1.39. The van der Waals surface area contributed by atoms with Gasteiger partial charge in [0.2, 0.25) is 0 Å². The van der Waals surface area contributed by atoms with Crippen molar-refractivity contribution in [3.05, 3.63) is 30.1 Å². The Kier molecular flexibility index (Phi) is 3.99. The summed E-state index contributed by atoms with van der Waals surface area (Å²) in [5, 5.41) is 9.20. The molecule has 0 fully saturated rings. The van der Waals surface area contributed by atoms with Gasteiger partial charge in [0.1, 0.15) is 5.82 Å². The van der Waals surface area contributed by atoms with Crippen molar-refractivity contribution in [2.75, 3.05) is 6.61 Å². The molecule has 0 spiro atoms. The monoisotopic (exact) mass is 247 g/mol. The predicted molar refractivity (Wildman–Crippen MR) is 73.2 cm³/mol. The van der Waals surface area contributed by atoms with Crippen molar-refractivity contribution in [1.29, 1.82) is 0 Å². The van der Waals surface area contributed by atoms with Crippen LogP contribution in [0.2, 0.25) is 0 Å². The highest BCUT2D eigenvalue weighted by atomic mass is 16.3. The molecule has 0 amide bonds. The Morgan fingerprint density at radius 1 is 1.33 bits per heavy atom. The van der Waals surface area contributed by atoms with E-state index in [2.05, 4.69) is 18.8 Å². The second kappa shape index (κ2) is 5.50. The van der Waals surface area contributed by atoms with Gasteiger partial charge in [-0.15, -0.1) is 0 Å². The molecule has 2 aromatic rings. The third kappa shape index (κ3) is 2.54. The Labute approximate surface area is 107 Å². The van der Waals surface area contributed by atoms with E-state index in [-0.39, 0.29) is 12.6 Å². The van der Waals surface area contributed by atoms with Gasteiger partial charge in [-0.1, -0.05) is 26.0 Å². The molecule has 0 saturated heterocycles. The van der Waals surface area contributed by atoms with Gasteiger partial charge in [-0.25, -0.2) is 4.98 Å². The molecule has 4 heteroatoms. The third-order valence-electron chi connectivity index (χ3n) is 3.06. The van der Waals surface area contributed by atoms with Crippen LogP contribution in [0.3, 0.4) is 0 Å². The molecule has 1 unspecified atom stereocenters. The van der Waals surface area contributed by atoms with Crippen molar-refractivity contribution >= 4 is 11.0 Å². The summed E-state index contributed by atoms with van der Waals surface area (Å²) in [6.07, 6.45) is 0.898. The van der Waals surface area contributed by atoms with E-state index >= 15 is 0 Å². The minimum Gasteiger partial charge on any atom is -0.395 e. The number of aromatic nitrogens is 2. The lowest BCUT2D eigenvalue weighted by Crippen LogP contribution is -2.19. The molecule has 0 bridgehead atoms. The van der Waals surface area contributed by atoms with Crippen molar-refractivity contribution in [2.45, 2.75) is 32.9 Å². The highest BCUT2D eigenvalue weighted by Gasteiger charge is 2.17. The van der Waals surface area contributed by atoms with E-state index in [9.17, 15) is 5.11 Å². The van der Waals surface area contributed by atoms with Crippen molar-refractivity contribution in [3.63, 3.8) is 0 Å². The lowest BCUT2D eigenvalue weighted by Gasteiger charge is -2.15. The number of hydrogen-bond donors (Lipinski definition) is 2. The van der Waals surface area contributed by atoms with Gasteiger partial charge in [0.05, 0.1) is 23.7 Å². The first-order valence-electron chi connectivity index (χ1n) is 6.45. The third-order valence-corrected chi connectivity index (χ3v) is 3.06. The maximum atomic E-state index is 9.20. The summed E-state index contributed by atoms with van der Waals surface area (Å²) in [7, 11) is 0. The van der Waals surface area contributed by atoms with Gasteiger partial charge >= 0.3 is 0 Å². The molecule has 98 valence electrons. The summed E-state index contributed by atoms with van der Waals surface area (Å²) in [6, 6.07) is 7.87. The number of fused-ring (bicyclic) bond motifs is 1. The topological polar surface area (TPSA) is 64.1 Å². The van der Waals surface area contributed by atoms with Gasteiger partial charge in [-0.3, -0.25) is 0 Å². The number of nitrogens with zero attached hydrogens (tertiary/aromatic N) is 2. The molecule has 0 aliphatic rings. The Morgan fingerprint density at radius 2 is 2.06 bits per heavy atom. The molecule has 0 aliphatic carbocycles. The number of nitrogens with two attached hydrogens (primary N) is 1. The van der Waals surface area contributed by atoms with Crippen LogP contribution >= 0.6 is 0 Å². The molecule has 1 aromatic carbocycles. The summed E-state index contributed by atoms with van der Waals surface area (Å²) in [4.78, 5) is 4.61. The van der Waals surface area contributed by atoms with Crippen molar-refractivity contribution in [3.8, 4) is 0 Å². The predicted octanol–water partition coefficient (Wildman–Crippen LogP) is 2.07. The summed E-state index contributed by atoms with van der Waals surface area (Å²) in [5.74, 6) is 1.40. The fraction of sp³-hybridized carbons (Fsp3) is 0.500. The number of benzene rings is 1. The lowest BCUT2D eigenvalue weighted by atomic mass is 10.0. The largest absolute Gasteiger partial charge is 0.395 e. The van der Waals surface area contributed by atoms with Crippen molar-refractivity contribution < 1.29 is 5.11 Å². The molecule has 0 aliphatic heterocycles. The maximum absolute atomic E-state index is 9.20. The number of imidazole rings is 1. The average Bonchev–Trinajstić information content (AvgIpc) is 2.68. The zero-order valence-electron chi connectivity index (χ0n) is 11.0. The molecular weight excluding hydrogens is 226 g/mol. The van der Waals surface area contributed by atoms with Crippen LogP contribution in [0.25, 0.3) is 11.0 Å². The normalized spacial score (nSPS) is 13.4. The van der Waals surface area contributed by atoms with Crippen LogP contribution in [0.15, 0.2) is 24.3 Å². The Morgan fingerprint density at radius 3 is 2.72 bits per heavy atom. The molecule has 1 atom stereocenters. The number of para-hydroxylation sites is 2. The van der Waals surface area contributed by atoms with E-state index < -0.39 is 0 Å². The van der Waals surface area contributed by atoms with Gasteiger partial charge in [0.15, 0.2) is 0 Å². The highest BCUT2D eigenvalue weighted by Crippen LogP contribution is 2.23. The molecule has 4 nitrogen and oxygen atoms in total. The van der Waals surface area contributed by atoms with E-state index in [4.69, 9.17) is 5.73 Å². The molecule has 3 N–H and O–H groups in total. The van der Waals surface area contributed by atoms with Crippen LogP contribution in [-0.2, 0) is 6.54 Å². The molecule has 1 aromatic heterocycles. The number of rotatable bonds is 5. The van der Waals surface area contributed by atoms with E-state index in [1.165, 1.54) is 0 Å². The van der Waals surface area contributed by atoms with Crippen molar-refractivity contribution in [2.24, 2.45) is 11.7 Å². The summed E-state index contributed by atoms with van der Waals surface area (Å²) >= 11 is 0. The second-order valence-electron chi connectivity index (χ2n) is 5.07. The molecule has 0 radical (unpaired) electrons. The van der Waals surface area contributed by atoms with E-state index in [0.717, 1.165) is 23.3 Å². The van der Waals surface area contributed by atoms with Gasteiger partial charge in [0, 0.05) is 6.54 Å². The zero-order chi connectivity index (χ0) is 13.1. The van der Waals surface area contributed by atoms with Crippen molar-refractivity contribution in [1.82, 2.24) is 9.55 Å². The Bertz CT molecular complexity index is 519. The van der Waals surface area contributed by atoms with Crippen LogP contribution in [0.5, 0.6) is 0 Å². The summed E-state index contributed by atoms with van der Waals surface area (Å²) < 4.78 is 2.03. The standard InChI is InChI=1S/C14H21N3O/c1-10(2)9-11(15)14-16-12-5-3-4-6-13(12)17(14)7-8-18/h3-6,10-11,18H,7-9,15H2,1-2H3. The summed E-state index contributed by atoms with van der Waals surface area (Å²) in [6.45, 7) is 4.95. The smallest absolute Gasteiger partial charge is 0.126 e. The van der Waals surface area contributed by atoms with E-state index in [0.29, 0.717) is 12.5 Å². The maximum Gasteiger partial charge on any atom is 0.126 e. The SMILES string of the molecule is CC(C)CC(N)c1nc2ccccc2n1CCO. The van der Waals surface area contributed by atoms with Crippen LogP contribution in [0.4, 0.5) is 0 Å². The number of aliphatic hydroxyl groups excluding tert-OH is 1. The van der Waals surface area contributed by atoms with E-state index in [1.807, 2.05) is 28.8 Å². The van der Waals surface area contributed by atoms with Gasteiger partial charge in [0.25, 0.3) is 0 Å². The first-order chi connectivity index (χ1) is 8.63. The minimum atomic E-state index is -0.0797. The molecule has 0 saturated carbocycles. The molecule has 2 rings (SSSR count). The first-order valence-corrected chi connectivity index (χ1v) is 6.45.